The summed E-state index contributed by atoms with van der Waals surface area (Å²) in [4.78, 5) is 47.3. The van der Waals surface area contributed by atoms with Gasteiger partial charge in [-0.15, -0.1) is 0 Å². The summed E-state index contributed by atoms with van der Waals surface area (Å²) in [5, 5.41) is 17.0. The lowest BCUT2D eigenvalue weighted by Crippen LogP contribution is -2.33. The minimum atomic E-state index is -0.598. The van der Waals surface area contributed by atoms with E-state index in [1.165, 1.54) is 42.2 Å². The fourth-order valence-corrected chi connectivity index (χ4v) is 3.98. The molecule has 4 rings (SSSR count). The van der Waals surface area contributed by atoms with Crippen molar-refractivity contribution in [1.82, 2.24) is 10.6 Å². The van der Waals surface area contributed by atoms with Gasteiger partial charge in [0.15, 0.2) is 5.76 Å². The Labute approximate surface area is 210 Å². The van der Waals surface area contributed by atoms with E-state index in [2.05, 4.69) is 10.6 Å². The van der Waals surface area contributed by atoms with E-state index in [-0.39, 0.29) is 42.8 Å². The second-order valence-electron chi connectivity index (χ2n) is 8.62. The highest BCUT2D eigenvalue weighted by Crippen LogP contribution is 2.25. The normalized spacial score (nSPS) is 15.1. The Morgan fingerprint density at radius 1 is 1.22 bits per heavy atom. The van der Waals surface area contributed by atoms with Gasteiger partial charge in [-0.3, -0.25) is 24.6 Å². The molecule has 0 aliphatic carbocycles. The molecule has 3 aromatic rings. The Hall–Kier alpha value is -4.32. The summed E-state index contributed by atoms with van der Waals surface area (Å²) in [7, 11) is 0. The highest BCUT2D eigenvalue weighted by atomic mass is 19.1. The molecule has 1 aromatic heterocycles. The SMILES string of the molecule is CC(=O)NC[C@H]1CN(c2ccc(CCCNCC(=O)c3cc4cc([N+](=O)[O-])ccc4o3)c(F)c2)C(=O)O1. The third-order valence-corrected chi connectivity index (χ3v) is 5.87. The number of rotatable bonds is 11. The van der Waals surface area contributed by atoms with Crippen LogP contribution in [0.3, 0.4) is 0 Å². The van der Waals surface area contributed by atoms with Gasteiger partial charge < -0.3 is 19.8 Å². The van der Waals surface area contributed by atoms with Gasteiger partial charge in [0.05, 0.1) is 30.2 Å². The molecule has 1 aliphatic heterocycles. The molecule has 11 nitrogen and oxygen atoms in total. The Morgan fingerprint density at radius 3 is 2.76 bits per heavy atom. The van der Waals surface area contributed by atoms with E-state index in [4.69, 9.17) is 9.15 Å². The Morgan fingerprint density at radius 2 is 2.03 bits per heavy atom. The minimum absolute atomic E-state index is 0.0000584. The fraction of sp³-hybridized carbons (Fsp3) is 0.320. The van der Waals surface area contributed by atoms with Crippen LogP contribution in [-0.4, -0.2) is 55.0 Å². The number of furan rings is 1. The number of hydrogen-bond donors (Lipinski definition) is 2. The van der Waals surface area contributed by atoms with Crippen LogP contribution >= 0.6 is 0 Å². The van der Waals surface area contributed by atoms with Gasteiger partial charge in [0.1, 0.15) is 17.5 Å². The summed E-state index contributed by atoms with van der Waals surface area (Å²) in [6, 6.07) is 10.1. The van der Waals surface area contributed by atoms with Gasteiger partial charge in [-0.1, -0.05) is 6.07 Å². The first-order valence-electron chi connectivity index (χ1n) is 11.6. The second-order valence-corrected chi connectivity index (χ2v) is 8.62. The predicted octanol–water partition coefficient (Wildman–Crippen LogP) is 3.35. The molecule has 0 bridgehead atoms. The summed E-state index contributed by atoms with van der Waals surface area (Å²) >= 11 is 0. The van der Waals surface area contributed by atoms with Crippen LogP contribution in [0.4, 0.5) is 20.6 Å². The van der Waals surface area contributed by atoms with Gasteiger partial charge in [0.25, 0.3) is 5.69 Å². The quantitative estimate of drug-likeness (QED) is 0.172. The maximum Gasteiger partial charge on any atom is 0.414 e. The molecule has 37 heavy (non-hydrogen) atoms. The number of Topliss-reactive ketones (excluding diaryl/α,β-unsaturated/α-hetero) is 1. The molecule has 1 saturated heterocycles. The highest BCUT2D eigenvalue weighted by Gasteiger charge is 2.32. The zero-order valence-electron chi connectivity index (χ0n) is 20.0. The number of carbonyl (C=O) groups excluding carboxylic acids is 3. The number of anilines is 1. The first kappa shape index (κ1) is 25.8. The molecule has 2 heterocycles. The monoisotopic (exact) mass is 512 g/mol. The summed E-state index contributed by atoms with van der Waals surface area (Å²) < 4.78 is 25.3. The third kappa shape index (κ3) is 6.28. The number of benzene rings is 2. The van der Waals surface area contributed by atoms with Gasteiger partial charge in [-0.05, 0) is 49.2 Å². The summed E-state index contributed by atoms with van der Waals surface area (Å²) in [5.41, 5.74) is 1.14. The molecule has 0 saturated carbocycles. The van der Waals surface area contributed by atoms with Crippen molar-refractivity contribution in [2.24, 2.45) is 0 Å². The molecule has 0 spiro atoms. The van der Waals surface area contributed by atoms with E-state index in [1.54, 1.807) is 12.1 Å². The van der Waals surface area contributed by atoms with Crippen LogP contribution in [0.2, 0.25) is 0 Å². The van der Waals surface area contributed by atoms with Gasteiger partial charge in [-0.25, -0.2) is 9.18 Å². The number of halogens is 1. The van der Waals surface area contributed by atoms with E-state index in [0.29, 0.717) is 41.6 Å². The molecule has 12 heteroatoms. The number of nitro benzene ring substituents is 1. The topological polar surface area (TPSA) is 144 Å². The predicted molar refractivity (Wildman–Crippen MR) is 131 cm³/mol. The van der Waals surface area contributed by atoms with Crippen molar-refractivity contribution in [2.45, 2.75) is 25.9 Å². The van der Waals surface area contributed by atoms with E-state index in [1.807, 2.05) is 0 Å². The molecule has 2 aromatic carbocycles. The molecule has 0 radical (unpaired) electrons. The maximum atomic E-state index is 14.7. The summed E-state index contributed by atoms with van der Waals surface area (Å²) in [5.74, 6) is -0.886. The van der Waals surface area contributed by atoms with Crippen molar-refractivity contribution in [1.29, 1.82) is 0 Å². The van der Waals surface area contributed by atoms with Gasteiger partial charge in [-0.2, -0.15) is 0 Å². The first-order valence-corrected chi connectivity index (χ1v) is 11.6. The number of ketones is 1. The van der Waals surface area contributed by atoms with Crippen molar-refractivity contribution >= 4 is 40.1 Å². The number of non-ortho nitro benzene ring substituents is 1. The lowest BCUT2D eigenvalue weighted by molar-refractivity contribution is -0.384. The molecule has 2 amide bonds. The fourth-order valence-electron chi connectivity index (χ4n) is 3.98. The number of cyclic esters (lactones) is 1. The minimum Gasteiger partial charge on any atom is -0.453 e. The number of nitrogens with one attached hydrogen (secondary N) is 2. The summed E-state index contributed by atoms with van der Waals surface area (Å²) in [6.07, 6.45) is -0.137. The second kappa shape index (κ2) is 11.2. The zero-order valence-corrected chi connectivity index (χ0v) is 20.0. The number of amides is 2. The van der Waals surface area contributed by atoms with Crippen LogP contribution in [-0.2, 0) is 16.0 Å². The largest absolute Gasteiger partial charge is 0.453 e. The molecule has 194 valence electrons. The number of nitro groups is 1. The van der Waals surface area contributed by atoms with Crippen molar-refractivity contribution in [2.75, 3.05) is 31.1 Å². The van der Waals surface area contributed by atoms with Crippen LogP contribution in [0.15, 0.2) is 46.9 Å². The lowest BCUT2D eigenvalue weighted by atomic mass is 10.1. The average Bonchev–Trinajstić information content (AvgIpc) is 3.46. The average molecular weight is 512 g/mol. The van der Waals surface area contributed by atoms with Gasteiger partial charge in [0, 0.05) is 24.4 Å². The third-order valence-electron chi connectivity index (χ3n) is 5.87. The molecular weight excluding hydrogens is 487 g/mol. The maximum absolute atomic E-state index is 14.7. The Balaban J connectivity index is 1.24. The number of hydrogen-bond acceptors (Lipinski definition) is 8. The summed E-state index contributed by atoms with van der Waals surface area (Å²) in [6.45, 7) is 2.21. The van der Waals surface area contributed by atoms with Crippen LogP contribution in [0.25, 0.3) is 11.0 Å². The number of nitrogens with zero attached hydrogens (tertiary/aromatic N) is 2. The lowest BCUT2D eigenvalue weighted by Gasteiger charge is -2.14. The van der Waals surface area contributed by atoms with Crippen molar-refractivity contribution < 1.29 is 32.9 Å². The van der Waals surface area contributed by atoms with E-state index < -0.39 is 22.9 Å². The van der Waals surface area contributed by atoms with Crippen LogP contribution < -0.4 is 15.5 Å². The van der Waals surface area contributed by atoms with Crippen LogP contribution in [0, 0.1) is 15.9 Å². The smallest absolute Gasteiger partial charge is 0.414 e. The van der Waals surface area contributed by atoms with Gasteiger partial charge in [0.2, 0.25) is 11.7 Å². The van der Waals surface area contributed by atoms with Crippen LogP contribution in [0.1, 0.15) is 29.5 Å². The molecule has 2 N–H and O–H groups in total. The molecule has 1 atom stereocenters. The standard InChI is InChI=1S/C25H25FN4O7/c1-15(31)28-12-20-14-29(25(33)36-20)18-5-4-16(21(26)11-18)3-2-8-27-13-22(32)24-10-17-9-19(30(34)35)6-7-23(17)37-24/h4-7,9-11,20,27H,2-3,8,12-14H2,1H3,(H,28,31)/t20-/m0/s1. The van der Waals surface area contributed by atoms with Gasteiger partial charge >= 0.3 is 6.09 Å². The van der Waals surface area contributed by atoms with Crippen molar-refractivity contribution in [3.8, 4) is 0 Å². The number of ether oxygens (including phenoxy) is 1. The zero-order chi connectivity index (χ0) is 26.5. The highest BCUT2D eigenvalue weighted by molar-refractivity contribution is 5.99. The first-order chi connectivity index (χ1) is 17.7. The Kier molecular flexibility index (Phi) is 7.77. The van der Waals surface area contributed by atoms with E-state index in [9.17, 15) is 28.9 Å². The van der Waals surface area contributed by atoms with E-state index >= 15 is 0 Å². The van der Waals surface area contributed by atoms with E-state index in [0.717, 1.165) is 0 Å². The van der Waals surface area contributed by atoms with Crippen molar-refractivity contribution in [3.05, 3.63) is 69.7 Å². The molecule has 1 aliphatic rings. The molecule has 1 fully saturated rings. The number of fused-ring (bicyclic) bond motifs is 1. The Bertz CT molecular complexity index is 1360. The molecular formula is C25H25FN4O7. The number of aryl methyl sites for hydroxylation is 1. The van der Waals surface area contributed by atoms with Crippen molar-refractivity contribution in [3.63, 3.8) is 0 Å². The van der Waals surface area contributed by atoms with Crippen LogP contribution in [0.5, 0.6) is 0 Å². The number of carbonyl (C=O) groups is 3. The molecule has 0 unspecified atom stereocenters.